The maximum absolute atomic E-state index is 6.13. The molecule has 1 fully saturated rings. The molecule has 2 atom stereocenters. The van der Waals surface area contributed by atoms with Crippen molar-refractivity contribution >= 4 is 46.0 Å². The third-order valence-corrected chi connectivity index (χ3v) is 5.78. The Bertz CT molecular complexity index is 611. The summed E-state index contributed by atoms with van der Waals surface area (Å²) in [6.07, 6.45) is 7.32. The van der Waals surface area contributed by atoms with Crippen LogP contribution in [0.2, 0.25) is 5.02 Å². The van der Waals surface area contributed by atoms with Crippen LogP contribution < -0.4 is 0 Å². The van der Waals surface area contributed by atoms with E-state index < -0.39 is 0 Å². The van der Waals surface area contributed by atoms with Gasteiger partial charge in [-0.2, -0.15) is 11.8 Å². The second-order valence-electron chi connectivity index (χ2n) is 5.29. The van der Waals surface area contributed by atoms with Crippen molar-refractivity contribution in [2.75, 3.05) is 6.26 Å². The first-order valence-electron chi connectivity index (χ1n) is 6.99. The van der Waals surface area contributed by atoms with E-state index in [1.807, 2.05) is 23.9 Å². The predicted molar refractivity (Wildman–Crippen MR) is 89.1 cm³/mol. The summed E-state index contributed by atoms with van der Waals surface area (Å²) in [5, 5.41) is 1.38. The highest BCUT2D eigenvalue weighted by atomic mass is 35.5. The lowest BCUT2D eigenvalue weighted by atomic mass is 9.94. The lowest BCUT2D eigenvalue weighted by Gasteiger charge is -2.32. The van der Waals surface area contributed by atoms with Crippen LogP contribution in [0.3, 0.4) is 0 Å². The van der Waals surface area contributed by atoms with Gasteiger partial charge >= 0.3 is 0 Å². The Hall–Kier alpha value is -0.380. The fourth-order valence-corrected chi connectivity index (χ4v) is 4.56. The molecule has 2 nitrogen and oxygen atoms in total. The fourth-order valence-electron chi connectivity index (χ4n) is 3.23. The lowest BCUT2D eigenvalue weighted by molar-refractivity contribution is 0.366. The molecule has 1 heterocycles. The van der Waals surface area contributed by atoms with Crippen LogP contribution in [0.15, 0.2) is 18.2 Å². The Morgan fingerprint density at radius 2 is 2.15 bits per heavy atom. The van der Waals surface area contributed by atoms with Gasteiger partial charge in [-0.3, -0.25) is 0 Å². The van der Waals surface area contributed by atoms with E-state index in [0.717, 1.165) is 21.9 Å². The molecule has 0 saturated heterocycles. The molecule has 1 aromatic carbocycles. The first-order valence-corrected chi connectivity index (χ1v) is 9.19. The molecule has 0 N–H and O–H groups in total. The second-order valence-corrected chi connectivity index (χ2v) is 7.07. The molecule has 1 aliphatic carbocycles. The van der Waals surface area contributed by atoms with Crippen molar-refractivity contribution in [2.45, 2.75) is 42.9 Å². The van der Waals surface area contributed by atoms with Crippen molar-refractivity contribution in [3.63, 3.8) is 0 Å². The maximum Gasteiger partial charge on any atom is 0.125 e. The van der Waals surface area contributed by atoms with Crippen LogP contribution in [0.4, 0.5) is 0 Å². The number of fused-ring (bicyclic) bond motifs is 1. The van der Waals surface area contributed by atoms with Crippen molar-refractivity contribution in [1.29, 1.82) is 0 Å². The number of thioether (sulfide) groups is 1. The third kappa shape index (κ3) is 2.56. The van der Waals surface area contributed by atoms with Crippen molar-refractivity contribution in [1.82, 2.24) is 9.55 Å². The van der Waals surface area contributed by atoms with Gasteiger partial charge in [-0.1, -0.05) is 24.4 Å². The van der Waals surface area contributed by atoms with Crippen LogP contribution >= 0.6 is 35.0 Å². The number of aromatic nitrogens is 2. The number of halogens is 2. The van der Waals surface area contributed by atoms with Gasteiger partial charge in [0.25, 0.3) is 0 Å². The highest BCUT2D eigenvalue weighted by Crippen LogP contribution is 2.38. The van der Waals surface area contributed by atoms with Gasteiger partial charge in [-0.05, 0) is 37.3 Å². The number of rotatable bonds is 3. The molecule has 2 unspecified atom stereocenters. The van der Waals surface area contributed by atoms with Crippen molar-refractivity contribution in [3.8, 4) is 0 Å². The Balaban J connectivity index is 2.13. The van der Waals surface area contributed by atoms with Gasteiger partial charge in [0.2, 0.25) is 0 Å². The quantitative estimate of drug-likeness (QED) is 0.714. The van der Waals surface area contributed by atoms with Crippen LogP contribution in [0.1, 0.15) is 37.5 Å². The summed E-state index contributed by atoms with van der Waals surface area (Å²) in [6.45, 7) is 0. The average Bonchev–Trinajstić information content (AvgIpc) is 2.84. The van der Waals surface area contributed by atoms with Crippen LogP contribution in [0.25, 0.3) is 11.0 Å². The zero-order chi connectivity index (χ0) is 14.1. The number of benzene rings is 1. The maximum atomic E-state index is 6.13. The van der Waals surface area contributed by atoms with E-state index in [-0.39, 0.29) is 0 Å². The first-order chi connectivity index (χ1) is 9.74. The Morgan fingerprint density at radius 3 is 2.90 bits per heavy atom. The molecule has 108 valence electrons. The van der Waals surface area contributed by atoms with Crippen molar-refractivity contribution in [3.05, 3.63) is 29.0 Å². The SMILES string of the molecule is CSC1CCCCC1n1c(CCl)nc2cc(Cl)ccc21. The summed E-state index contributed by atoms with van der Waals surface area (Å²) >= 11 is 14.2. The summed E-state index contributed by atoms with van der Waals surface area (Å²) < 4.78 is 2.36. The standard InChI is InChI=1S/C15H18Cl2N2S/c1-20-14-5-3-2-4-13(14)19-12-7-6-10(17)8-11(12)18-15(19)9-16/h6-8,13-14H,2-5,9H2,1H3. The minimum Gasteiger partial charge on any atom is -0.323 e. The van der Waals surface area contributed by atoms with E-state index in [9.17, 15) is 0 Å². The molecule has 0 aliphatic heterocycles. The number of imidazole rings is 1. The van der Waals surface area contributed by atoms with E-state index >= 15 is 0 Å². The lowest BCUT2D eigenvalue weighted by Crippen LogP contribution is -2.26. The van der Waals surface area contributed by atoms with Crippen molar-refractivity contribution in [2.24, 2.45) is 0 Å². The van der Waals surface area contributed by atoms with Gasteiger partial charge in [0.15, 0.2) is 0 Å². The molecule has 1 aromatic heterocycles. The topological polar surface area (TPSA) is 17.8 Å². The smallest absolute Gasteiger partial charge is 0.125 e. The van der Waals surface area contributed by atoms with E-state index in [1.165, 1.54) is 25.7 Å². The van der Waals surface area contributed by atoms with Crippen LogP contribution in [0, 0.1) is 0 Å². The molecule has 1 aliphatic rings. The Morgan fingerprint density at radius 1 is 1.35 bits per heavy atom. The molecule has 0 amide bonds. The molecule has 0 bridgehead atoms. The zero-order valence-corrected chi connectivity index (χ0v) is 13.8. The molecular weight excluding hydrogens is 311 g/mol. The van der Waals surface area contributed by atoms with Gasteiger partial charge in [0.05, 0.1) is 16.9 Å². The summed E-state index contributed by atoms with van der Waals surface area (Å²) in [5.74, 6) is 1.42. The second kappa shape index (κ2) is 6.17. The highest BCUT2D eigenvalue weighted by molar-refractivity contribution is 7.99. The molecule has 20 heavy (non-hydrogen) atoms. The van der Waals surface area contributed by atoms with Gasteiger partial charge in [0.1, 0.15) is 5.82 Å². The summed E-state index contributed by atoms with van der Waals surface area (Å²) in [7, 11) is 0. The number of hydrogen-bond acceptors (Lipinski definition) is 2. The monoisotopic (exact) mass is 328 g/mol. The average molecular weight is 329 g/mol. The summed E-state index contributed by atoms with van der Waals surface area (Å²) in [6, 6.07) is 6.45. The molecule has 5 heteroatoms. The zero-order valence-electron chi connectivity index (χ0n) is 11.5. The van der Waals surface area contributed by atoms with Crippen LogP contribution in [-0.2, 0) is 5.88 Å². The molecule has 3 rings (SSSR count). The van der Waals surface area contributed by atoms with Gasteiger partial charge in [-0.15, -0.1) is 11.6 Å². The van der Waals surface area contributed by atoms with Gasteiger partial charge < -0.3 is 4.57 Å². The fraction of sp³-hybridized carbons (Fsp3) is 0.533. The van der Waals surface area contributed by atoms with E-state index in [4.69, 9.17) is 23.2 Å². The summed E-state index contributed by atoms with van der Waals surface area (Å²) in [4.78, 5) is 4.67. The van der Waals surface area contributed by atoms with Crippen LogP contribution in [0.5, 0.6) is 0 Å². The van der Waals surface area contributed by atoms with E-state index in [2.05, 4.69) is 21.9 Å². The molecule has 1 saturated carbocycles. The first kappa shape index (κ1) is 14.6. The molecule has 0 spiro atoms. The Kier molecular flexibility index (Phi) is 4.49. The molecule has 2 aromatic rings. The minimum atomic E-state index is 0.448. The third-order valence-electron chi connectivity index (χ3n) is 4.15. The molecule has 0 radical (unpaired) electrons. The highest BCUT2D eigenvalue weighted by Gasteiger charge is 2.28. The van der Waals surface area contributed by atoms with E-state index in [0.29, 0.717) is 17.2 Å². The predicted octanol–water partition coefficient (Wildman–Crippen LogP) is 5.28. The summed E-state index contributed by atoms with van der Waals surface area (Å²) in [5.41, 5.74) is 2.12. The number of nitrogens with zero attached hydrogens (tertiary/aromatic N) is 2. The number of alkyl halides is 1. The largest absolute Gasteiger partial charge is 0.323 e. The van der Waals surface area contributed by atoms with Crippen molar-refractivity contribution < 1.29 is 0 Å². The minimum absolute atomic E-state index is 0.448. The number of hydrogen-bond donors (Lipinski definition) is 0. The van der Waals surface area contributed by atoms with Gasteiger partial charge in [-0.25, -0.2) is 4.98 Å². The van der Waals surface area contributed by atoms with Gasteiger partial charge in [0, 0.05) is 16.3 Å². The normalized spacial score (nSPS) is 23.4. The Labute approximate surface area is 133 Å². The van der Waals surface area contributed by atoms with E-state index in [1.54, 1.807) is 0 Å². The molecular formula is C15H18Cl2N2S. The van der Waals surface area contributed by atoms with Crippen LogP contribution in [-0.4, -0.2) is 21.1 Å².